The van der Waals surface area contributed by atoms with Crippen LogP contribution >= 0.6 is 0 Å². The highest BCUT2D eigenvalue weighted by molar-refractivity contribution is 5.47. The molecule has 1 saturated heterocycles. The summed E-state index contributed by atoms with van der Waals surface area (Å²) in [7, 11) is 0. The number of hydrogen-bond donors (Lipinski definition) is 0. The first kappa shape index (κ1) is 11.7. The largest absolute Gasteiger partial charge is 0.303 e. The Morgan fingerprint density at radius 2 is 2.00 bits per heavy atom. The van der Waals surface area contributed by atoms with E-state index < -0.39 is 0 Å². The fraction of sp³-hybridized carbons (Fsp3) is 0.533. The Kier molecular flexibility index (Phi) is 3.33. The summed E-state index contributed by atoms with van der Waals surface area (Å²) in [4.78, 5) is 7.15. The van der Waals surface area contributed by atoms with Gasteiger partial charge in [-0.25, -0.2) is 4.98 Å². The maximum atomic E-state index is 4.58. The van der Waals surface area contributed by atoms with E-state index in [-0.39, 0.29) is 0 Å². The van der Waals surface area contributed by atoms with Gasteiger partial charge in [-0.3, -0.25) is 0 Å². The van der Waals surface area contributed by atoms with Gasteiger partial charge in [0, 0.05) is 18.7 Å². The minimum absolute atomic E-state index is 1.05. The SMILES string of the molecule is Cc1cccc2cnc(CCN3CCCCC3)n12. The third-order valence-corrected chi connectivity index (χ3v) is 3.92. The van der Waals surface area contributed by atoms with Gasteiger partial charge in [0.25, 0.3) is 0 Å². The normalized spacial score (nSPS) is 17.4. The van der Waals surface area contributed by atoms with E-state index in [4.69, 9.17) is 0 Å². The number of fused-ring (bicyclic) bond motifs is 1. The van der Waals surface area contributed by atoms with Gasteiger partial charge < -0.3 is 9.30 Å². The first-order valence-corrected chi connectivity index (χ1v) is 6.99. The molecular formula is C15H21N3. The van der Waals surface area contributed by atoms with Gasteiger partial charge in [0.1, 0.15) is 5.82 Å². The van der Waals surface area contributed by atoms with Crippen molar-refractivity contribution in [3.8, 4) is 0 Å². The van der Waals surface area contributed by atoms with E-state index in [0.717, 1.165) is 13.0 Å². The highest BCUT2D eigenvalue weighted by Crippen LogP contribution is 2.13. The molecule has 1 fully saturated rings. The summed E-state index contributed by atoms with van der Waals surface area (Å²) in [6.07, 6.45) is 7.17. The molecule has 3 heteroatoms. The number of rotatable bonds is 3. The second kappa shape index (κ2) is 5.11. The van der Waals surface area contributed by atoms with Gasteiger partial charge in [-0.2, -0.15) is 0 Å². The summed E-state index contributed by atoms with van der Waals surface area (Å²) in [6.45, 7) is 5.83. The van der Waals surface area contributed by atoms with Gasteiger partial charge in [-0.1, -0.05) is 12.5 Å². The van der Waals surface area contributed by atoms with E-state index in [2.05, 4.69) is 39.4 Å². The van der Waals surface area contributed by atoms with E-state index >= 15 is 0 Å². The first-order valence-electron chi connectivity index (χ1n) is 6.99. The second-order valence-electron chi connectivity index (χ2n) is 5.25. The predicted octanol–water partition coefficient (Wildman–Crippen LogP) is 2.67. The molecule has 3 nitrogen and oxygen atoms in total. The van der Waals surface area contributed by atoms with Crippen LogP contribution in [0.25, 0.3) is 5.52 Å². The molecule has 0 unspecified atom stereocenters. The number of aromatic nitrogens is 2. The van der Waals surface area contributed by atoms with Crippen LogP contribution in [0.5, 0.6) is 0 Å². The molecule has 18 heavy (non-hydrogen) atoms. The molecule has 2 aromatic rings. The van der Waals surface area contributed by atoms with Crippen molar-refractivity contribution in [1.29, 1.82) is 0 Å². The number of nitrogens with zero attached hydrogens (tertiary/aromatic N) is 3. The summed E-state index contributed by atoms with van der Waals surface area (Å²) < 4.78 is 2.28. The first-order chi connectivity index (χ1) is 8.84. The van der Waals surface area contributed by atoms with Gasteiger partial charge in [0.15, 0.2) is 0 Å². The summed E-state index contributed by atoms with van der Waals surface area (Å²) in [5.74, 6) is 1.20. The molecule has 0 saturated carbocycles. The Morgan fingerprint density at radius 3 is 2.83 bits per heavy atom. The fourth-order valence-corrected chi connectivity index (χ4v) is 2.91. The summed E-state index contributed by atoms with van der Waals surface area (Å²) in [6, 6.07) is 6.38. The molecule has 3 heterocycles. The second-order valence-corrected chi connectivity index (χ2v) is 5.25. The van der Waals surface area contributed by atoms with Crippen LogP contribution in [-0.4, -0.2) is 33.9 Å². The highest BCUT2D eigenvalue weighted by Gasteiger charge is 2.11. The van der Waals surface area contributed by atoms with E-state index in [1.54, 1.807) is 0 Å². The van der Waals surface area contributed by atoms with E-state index in [1.165, 1.54) is 49.4 Å². The smallest absolute Gasteiger partial charge is 0.114 e. The van der Waals surface area contributed by atoms with Crippen molar-refractivity contribution in [2.45, 2.75) is 32.6 Å². The molecule has 0 radical (unpaired) electrons. The number of likely N-dealkylation sites (tertiary alicyclic amines) is 1. The van der Waals surface area contributed by atoms with Crippen molar-refractivity contribution in [1.82, 2.24) is 14.3 Å². The van der Waals surface area contributed by atoms with Gasteiger partial charge in [0.05, 0.1) is 11.7 Å². The van der Waals surface area contributed by atoms with Crippen LogP contribution in [0, 0.1) is 6.92 Å². The molecule has 0 bridgehead atoms. The molecule has 96 valence electrons. The van der Waals surface area contributed by atoms with Crippen molar-refractivity contribution >= 4 is 5.52 Å². The average Bonchev–Trinajstić information content (AvgIpc) is 2.82. The Balaban J connectivity index is 1.74. The van der Waals surface area contributed by atoms with E-state index in [9.17, 15) is 0 Å². The van der Waals surface area contributed by atoms with E-state index in [0.29, 0.717) is 0 Å². The molecule has 0 amide bonds. The van der Waals surface area contributed by atoms with Crippen LogP contribution in [0.3, 0.4) is 0 Å². The average molecular weight is 243 g/mol. The van der Waals surface area contributed by atoms with Crippen molar-refractivity contribution in [3.05, 3.63) is 35.9 Å². The molecule has 1 aliphatic heterocycles. The Morgan fingerprint density at radius 1 is 1.17 bits per heavy atom. The quantitative estimate of drug-likeness (QED) is 0.826. The van der Waals surface area contributed by atoms with Gasteiger partial charge in [-0.15, -0.1) is 0 Å². The fourth-order valence-electron chi connectivity index (χ4n) is 2.91. The zero-order chi connectivity index (χ0) is 12.4. The molecule has 2 aromatic heterocycles. The molecule has 0 N–H and O–H groups in total. The predicted molar refractivity (Wildman–Crippen MR) is 73.9 cm³/mol. The molecule has 0 atom stereocenters. The van der Waals surface area contributed by atoms with Crippen molar-refractivity contribution < 1.29 is 0 Å². The van der Waals surface area contributed by atoms with Crippen LogP contribution in [0.15, 0.2) is 24.4 Å². The zero-order valence-electron chi connectivity index (χ0n) is 11.1. The van der Waals surface area contributed by atoms with Gasteiger partial charge in [-0.05, 0) is 45.0 Å². The number of aryl methyl sites for hydroxylation is 1. The van der Waals surface area contributed by atoms with Gasteiger partial charge >= 0.3 is 0 Å². The molecular weight excluding hydrogens is 222 g/mol. The van der Waals surface area contributed by atoms with Crippen molar-refractivity contribution in [2.24, 2.45) is 0 Å². The molecule has 0 aliphatic carbocycles. The number of imidazole rings is 1. The Hall–Kier alpha value is -1.35. The maximum Gasteiger partial charge on any atom is 0.114 e. The number of pyridine rings is 1. The third kappa shape index (κ3) is 2.27. The molecule has 1 aliphatic rings. The van der Waals surface area contributed by atoms with Crippen LogP contribution in [-0.2, 0) is 6.42 Å². The minimum atomic E-state index is 1.05. The molecule has 0 spiro atoms. The van der Waals surface area contributed by atoms with Crippen molar-refractivity contribution in [2.75, 3.05) is 19.6 Å². The topological polar surface area (TPSA) is 20.5 Å². The Labute approximate surface area is 108 Å². The maximum absolute atomic E-state index is 4.58. The summed E-state index contributed by atoms with van der Waals surface area (Å²) in [5, 5.41) is 0. The number of piperidine rings is 1. The lowest BCUT2D eigenvalue weighted by molar-refractivity contribution is 0.230. The lowest BCUT2D eigenvalue weighted by atomic mass is 10.1. The summed E-state index contributed by atoms with van der Waals surface area (Å²) >= 11 is 0. The standard InChI is InChI=1S/C15H21N3/c1-13-6-5-7-14-12-16-15(18(13)14)8-11-17-9-3-2-4-10-17/h5-7,12H,2-4,8-11H2,1H3. The summed E-state index contributed by atoms with van der Waals surface area (Å²) in [5.41, 5.74) is 2.49. The lowest BCUT2D eigenvalue weighted by Crippen LogP contribution is -2.31. The van der Waals surface area contributed by atoms with Crippen LogP contribution in [0.4, 0.5) is 0 Å². The molecule has 3 rings (SSSR count). The van der Waals surface area contributed by atoms with Crippen molar-refractivity contribution in [3.63, 3.8) is 0 Å². The Bertz CT molecular complexity index is 524. The van der Waals surface area contributed by atoms with Crippen LogP contribution in [0.2, 0.25) is 0 Å². The van der Waals surface area contributed by atoms with Crippen LogP contribution < -0.4 is 0 Å². The van der Waals surface area contributed by atoms with Gasteiger partial charge in [0.2, 0.25) is 0 Å². The molecule has 0 aromatic carbocycles. The van der Waals surface area contributed by atoms with E-state index in [1.807, 2.05) is 6.20 Å². The number of hydrogen-bond acceptors (Lipinski definition) is 2. The lowest BCUT2D eigenvalue weighted by Gasteiger charge is -2.26. The zero-order valence-corrected chi connectivity index (χ0v) is 11.1. The highest BCUT2D eigenvalue weighted by atomic mass is 15.1. The third-order valence-electron chi connectivity index (χ3n) is 3.92. The van der Waals surface area contributed by atoms with Crippen LogP contribution in [0.1, 0.15) is 30.8 Å². The monoisotopic (exact) mass is 243 g/mol. The minimum Gasteiger partial charge on any atom is -0.303 e.